The number of nitrogens with zero attached hydrogens (tertiary/aromatic N) is 2. The molecule has 2 amide bonds. The summed E-state index contributed by atoms with van der Waals surface area (Å²) in [6.45, 7) is -0.257. The van der Waals surface area contributed by atoms with Crippen LogP contribution in [0.3, 0.4) is 0 Å². The summed E-state index contributed by atoms with van der Waals surface area (Å²) in [6, 6.07) is 14.2. The molecule has 9 heteroatoms. The Hall–Kier alpha value is -2.62. The number of amides is 2. The second-order valence-corrected chi connectivity index (χ2v) is 8.41. The van der Waals surface area contributed by atoms with E-state index in [1.807, 2.05) is 30.3 Å². The lowest BCUT2D eigenvalue weighted by Crippen LogP contribution is -2.36. The largest absolute Gasteiger partial charge is 0.302 e. The van der Waals surface area contributed by atoms with Crippen molar-refractivity contribution in [1.82, 2.24) is 9.96 Å². The van der Waals surface area contributed by atoms with Gasteiger partial charge in [-0.1, -0.05) is 36.4 Å². The fraction of sp³-hybridized carbons (Fsp3) is 0.143. The first-order chi connectivity index (χ1) is 14.5. The number of hydroxylamine groups is 2. The number of rotatable bonds is 5. The lowest BCUT2D eigenvalue weighted by molar-refractivity contribution is -0.201. The van der Waals surface area contributed by atoms with Crippen LogP contribution in [0.15, 0.2) is 64.5 Å². The van der Waals surface area contributed by atoms with Crippen LogP contribution in [-0.2, 0) is 16.2 Å². The van der Waals surface area contributed by atoms with E-state index >= 15 is 0 Å². The first kappa shape index (κ1) is 20.6. The Bertz CT molecular complexity index is 1070. The van der Waals surface area contributed by atoms with E-state index in [0.717, 1.165) is 32.1 Å². The zero-order valence-corrected chi connectivity index (χ0v) is 17.8. The fourth-order valence-electron chi connectivity index (χ4n) is 3.19. The minimum Gasteiger partial charge on any atom is -0.302 e. The summed E-state index contributed by atoms with van der Waals surface area (Å²) in [5.74, 6) is -3.37. The molecule has 4 rings (SSSR count). The first-order valence-corrected chi connectivity index (χ1v) is 10.6. The molecule has 0 spiro atoms. The fourth-order valence-corrected chi connectivity index (χ4v) is 4.72. The van der Waals surface area contributed by atoms with Gasteiger partial charge in [0.05, 0.1) is 4.88 Å². The molecule has 1 fully saturated rings. The molecule has 1 aromatic heterocycles. The van der Waals surface area contributed by atoms with Crippen LogP contribution in [0.2, 0.25) is 0 Å². The zero-order valence-electron chi connectivity index (χ0n) is 15.4. The van der Waals surface area contributed by atoms with Crippen LogP contribution in [0.25, 0.3) is 0 Å². The highest BCUT2D eigenvalue weighted by Gasteiger charge is 2.44. The van der Waals surface area contributed by atoms with Crippen molar-refractivity contribution in [2.24, 2.45) is 0 Å². The van der Waals surface area contributed by atoms with Crippen molar-refractivity contribution in [2.45, 2.75) is 12.8 Å². The molecular weight excluding hydrogens is 478 g/mol. The van der Waals surface area contributed by atoms with Crippen LogP contribution in [0.4, 0.5) is 8.78 Å². The summed E-state index contributed by atoms with van der Waals surface area (Å²) in [5, 5.41) is 2.89. The third-order valence-electron chi connectivity index (χ3n) is 4.56. The topological polar surface area (TPSA) is 49.9 Å². The average Bonchev–Trinajstić information content (AvgIpc) is 3.29. The highest BCUT2D eigenvalue weighted by Crippen LogP contribution is 2.37. The highest BCUT2D eigenvalue weighted by atomic mass is 79.9. The quantitative estimate of drug-likeness (QED) is 0.508. The van der Waals surface area contributed by atoms with E-state index in [2.05, 4.69) is 15.9 Å². The second kappa shape index (κ2) is 8.63. The minimum atomic E-state index is -0.984. The van der Waals surface area contributed by atoms with Gasteiger partial charge in [0.1, 0.15) is 30.3 Å². The minimum absolute atomic E-state index is 0.103. The van der Waals surface area contributed by atoms with Crippen molar-refractivity contribution in [3.8, 4) is 0 Å². The van der Waals surface area contributed by atoms with Gasteiger partial charge in [-0.3, -0.25) is 14.4 Å². The standard InChI is InChI=1S/C21H15BrF2N2O3S/c22-14-9-17(30-12-14)20-25(21(28)19-15(23)7-4-8-16(19)24)10-18(27)26(20)29-11-13-5-2-1-3-6-13/h1-9,12,20H,10-11H2. The third kappa shape index (κ3) is 4.00. The molecule has 3 aromatic rings. The van der Waals surface area contributed by atoms with Gasteiger partial charge in [-0.15, -0.1) is 11.3 Å². The third-order valence-corrected chi connectivity index (χ3v) is 6.30. The maximum atomic E-state index is 14.2. The van der Waals surface area contributed by atoms with Gasteiger partial charge in [0.15, 0.2) is 6.17 Å². The molecule has 0 aliphatic carbocycles. The van der Waals surface area contributed by atoms with Gasteiger partial charge >= 0.3 is 0 Å². The van der Waals surface area contributed by atoms with E-state index < -0.39 is 35.2 Å². The van der Waals surface area contributed by atoms with Gasteiger partial charge in [0.2, 0.25) is 0 Å². The van der Waals surface area contributed by atoms with Crippen LogP contribution in [0.5, 0.6) is 0 Å². The molecule has 2 heterocycles. The van der Waals surface area contributed by atoms with E-state index in [1.165, 1.54) is 17.4 Å². The molecule has 0 radical (unpaired) electrons. The predicted molar refractivity (Wildman–Crippen MR) is 110 cm³/mol. The Morgan fingerprint density at radius 1 is 1.13 bits per heavy atom. The van der Waals surface area contributed by atoms with E-state index in [-0.39, 0.29) is 13.2 Å². The molecule has 0 N–H and O–H groups in total. The summed E-state index contributed by atoms with van der Waals surface area (Å²) >= 11 is 4.65. The number of carbonyl (C=O) groups excluding carboxylic acids is 2. The molecule has 0 saturated carbocycles. The van der Waals surface area contributed by atoms with E-state index in [9.17, 15) is 18.4 Å². The van der Waals surface area contributed by atoms with Gasteiger partial charge in [-0.2, -0.15) is 5.06 Å². The van der Waals surface area contributed by atoms with E-state index in [4.69, 9.17) is 4.84 Å². The van der Waals surface area contributed by atoms with Gasteiger partial charge in [0, 0.05) is 9.85 Å². The van der Waals surface area contributed by atoms with E-state index in [1.54, 1.807) is 11.4 Å². The molecule has 5 nitrogen and oxygen atoms in total. The van der Waals surface area contributed by atoms with Crippen LogP contribution in [0.1, 0.15) is 27.0 Å². The van der Waals surface area contributed by atoms with Crippen molar-refractivity contribution in [1.29, 1.82) is 0 Å². The predicted octanol–water partition coefficient (Wildman–Crippen LogP) is 4.90. The Balaban J connectivity index is 1.67. The smallest absolute Gasteiger partial charge is 0.268 e. The van der Waals surface area contributed by atoms with Crippen LogP contribution >= 0.6 is 27.3 Å². The molecule has 30 heavy (non-hydrogen) atoms. The van der Waals surface area contributed by atoms with Crippen molar-refractivity contribution >= 4 is 39.1 Å². The average molecular weight is 493 g/mol. The Morgan fingerprint density at radius 2 is 1.83 bits per heavy atom. The van der Waals surface area contributed by atoms with Crippen molar-refractivity contribution in [3.63, 3.8) is 0 Å². The zero-order chi connectivity index (χ0) is 21.3. The molecular formula is C21H15BrF2N2O3S. The maximum Gasteiger partial charge on any atom is 0.268 e. The Labute approximate surface area is 183 Å². The van der Waals surface area contributed by atoms with Gasteiger partial charge in [0.25, 0.3) is 11.8 Å². The molecule has 0 bridgehead atoms. The SMILES string of the molecule is O=C(c1c(F)cccc1F)N1CC(=O)N(OCc2ccccc2)C1c1cc(Br)cs1. The van der Waals surface area contributed by atoms with E-state index in [0.29, 0.717) is 4.88 Å². The Kier molecular flexibility index (Phi) is 5.94. The first-order valence-electron chi connectivity index (χ1n) is 8.93. The van der Waals surface area contributed by atoms with Crippen molar-refractivity contribution in [3.05, 3.63) is 92.1 Å². The highest BCUT2D eigenvalue weighted by molar-refractivity contribution is 9.10. The molecule has 1 aliphatic rings. The molecule has 2 aromatic carbocycles. The number of benzene rings is 2. The lowest BCUT2D eigenvalue weighted by Gasteiger charge is -2.28. The summed E-state index contributed by atoms with van der Waals surface area (Å²) in [6.07, 6.45) is -0.941. The summed E-state index contributed by atoms with van der Waals surface area (Å²) in [7, 11) is 0. The Morgan fingerprint density at radius 3 is 2.47 bits per heavy atom. The lowest BCUT2D eigenvalue weighted by atomic mass is 10.1. The number of hydrogen-bond acceptors (Lipinski definition) is 4. The summed E-state index contributed by atoms with van der Waals surface area (Å²) in [4.78, 5) is 33.2. The monoisotopic (exact) mass is 492 g/mol. The van der Waals surface area contributed by atoms with Crippen LogP contribution in [-0.4, -0.2) is 28.3 Å². The number of carbonyl (C=O) groups is 2. The molecule has 1 aliphatic heterocycles. The number of halogens is 3. The normalized spacial score (nSPS) is 16.4. The van der Waals surface area contributed by atoms with Crippen LogP contribution < -0.4 is 0 Å². The maximum absolute atomic E-state index is 14.2. The second-order valence-electron chi connectivity index (χ2n) is 6.55. The molecule has 1 saturated heterocycles. The van der Waals surface area contributed by atoms with Gasteiger partial charge in [-0.25, -0.2) is 8.78 Å². The van der Waals surface area contributed by atoms with Gasteiger partial charge in [-0.05, 0) is 39.7 Å². The van der Waals surface area contributed by atoms with Crippen molar-refractivity contribution in [2.75, 3.05) is 6.54 Å². The van der Waals surface area contributed by atoms with Gasteiger partial charge < -0.3 is 4.90 Å². The number of hydrogen-bond donors (Lipinski definition) is 0. The number of thiophene rings is 1. The molecule has 1 unspecified atom stereocenters. The van der Waals surface area contributed by atoms with Crippen molar-refractivity contribution < 1.29 is 23.2 Å². The molecule has 1 atom stereocenters. The summed E-state index contributed by atoms with van der Waals surface area (Å²) < 4.78 is 29.2. The summed E-state index contributed by atoms with van der Waals surface area (Å²) in [5.41, 5.74) is 0.136. The molecule has 154 valence electrons. The van der Waals surface area contributed by atoms with Crippen LogP contribution in [0, 0.1) is 11.6 Å².